The van der Waals surface area contributed by atoms with Gasteiger partial charge >= 0.3 is 5.97 Å². The predicted octanol–water partition coefficient (Wildman–Crippen LogP) is 1.73. The average Bonchev–Trinajstić information content (AvgIpc) is 3.04. The van der Waals surface area contributed by atoms with Crippen molar-refractivity contribution in [2.24, 2.45) is 13.0 Å². The van der Waals surface area contributed by atoms with Crippen LogP contribution in [0.2, 0.25) is 0 Å². The Morgan fingerprint density at radius 3 is 2.73 bits per heavy atom. The molecule has 1 amide bonds. The van der Waals surface area contributed by atoms with Gasteiger partial charge in [0, 0.05) is 30.7 Å². The Balaban J connectivity index is 2.20. The highest BCUT2D eigenvalue weighted by atomic mass is 32.1. The van der Waals surface area contributed by atoms with Gasteiger partial charge in [0.15, 0.2) is 0 Å². The van der Waals surface area contributed by atoms with Crippen LogP contribution >= 0.6 is 11.3 Å². The van der Waals surface area contributed by atoms with Gasteiger partial charge < -0.3 is 10.0 Å². The van der Waals surface area contributed by atoms with Crippen LogP contribution in [-0.2, 0) is 11.8 Å². The number of rotatable bonds is 6. The van der Waals surface area contributed by atoms with E-state index in [0.29, 0.717) is 11.6 Å². The van der Waals surface area contributed by atoms with Crippen molar-refractivity contribution in [2.45, 2.75) is 13.8 Å². The first kappa shape index (κ1) is 16.2. The monoisotopic (exact) mass is 322 g/mol. The minimum Gasteiger partial charge on any atom is -0.480 e. The van der Waals surface area contributed by atoms with Crippen molar-refractivity contribution in [3.8, 4) is 10.6 Å². The highest BCUT2D eigenvalue weighted by Gasteiger charge is 2.22. The number of hydrogen-bond acceptors (Lipinski definition) is 5. The van der Waals surface area contributed by atoms with Crippen molar-refractivity contribution >= 4 is 23.2 Å². The van der Waals surface area contributed by atoms with Gasteiger partial charge in [-0.3, -0.25) is 14.3 Å². The van der Waals surface area contributed by atoms with Crippen LogP contribution in [0.1, 0.15) is 24.3 Å². The first-order chi connectivity index (χ1) is 10.4. The number of thiazole rings is 1. The summed E-state index contributed by atoms with van der Waals surface area (Å²) in [7, 11) is 1.81. The van der Waals surface area contributed by atoms with Crippen LogP contribution < -0.4 is 0 Å². The first-order valence-corrected chi connectivity index (χ1v) is 7.70. The molecule has 0 atom stereocenters. The molecule has 2 rings (SSSR count). The summed E-state index contributed by atoms with van der Waals surface area (Å²) in [6, 6.07) is 0. The van der Waals surface area contributed by atoms with Crippen LogP contribution in [0.15, 0.2) is 17.8 Å². The van der Waals surface area contributed by atoms with E-state index in [0.717, 1.165) is 5.56 Å². The lowest BCUT2D eigenvalue weighted by Gasteiger charge is -2.21. The SMILES string of the molecule is CC(C)CN(CC(=O)O)C(=O)c1csc(-c2cnn(C)c2)n1. The van der Waals surface area contributed by atoms with Crippen molar-refractivity contribution in [1.82, 2.24) is 19.7 Å². The summed E-state index contributed by atoms with van der Waals surface area (Å²) >= 11 is 1.34. The summed E-state index contributed by atoms with van der Waals surface area (Å²) in [5, 5.41) is 15.4. The van der Waals surface area contributed by atoms with Crippen LogP contribution in [0.5, 0.6) is 0 Å². The number of aromatic nitrogens is 3. The second-order valence-electron chi connectivity index (χ2n) is 5.41. The van der Waals surface area contributed by atoms with E-state index in [1.54, 1.807) is 23.3 Å². The molecule has 2 aromatic heterocycles. The molecule has 0 saturated carbocycles. The third-order valence-corrected chi connectivity index (χ3v) is 3.77. The summed E-state index contributed by atoms with van der Waals surface area (Å²) in [4.78, 5) is 29.0. The van der Waals surface area contributed by atoms with E-state index >= 15 is 0 Å². The Labute approximate surface area is 132 Å². The normalized spacial score (nSPS) is 10.9. The molecule has 118 valence electrons. The fraction of sp³-hybridized carbons (Fsp3) is 0.429. The van der Waals surface area contributed by atoms with Crippen molar-refractivity contribution in [1.29, 1.82) is 0 Å². The van der Waals surface area contributed by atoms with Crippen molar-refractivity contribution in [2.75, 3.05) is 13.1 Å². The molecule has 1 N–H and O–H groups in total. The molecule has 0 fully saturated rings. The van der Waals surface area contributed by atoms with Gasteiger partial charge in [-0.1, -0.05) is 13.8 Å². The maximum atomic E-state index is 12.5. The van der Waals surface area contributed by atoms with Crippen LogP contribution in [0.25, 0.3) is 10.6 Å². The number of aliphatic carboxylic acids is 1. The number of carboxylic acids is 1. The van der Waals surface area contributed by atoms with Crippen molar-refractivity contribution in [3.05, 3.63) is 23.5 Å². The Morgan fingerprint density at radius 2 is 2.18 bits per heavy atom. The Kier molecular flexibility index (Phi) is 4.92. The molecule has 7 nitrogen and oxygen atoms in total. The Hall–Kier alpha value is -2.22. The van der Waals surface area contributed by atoms with Crippen LogP contribution in [0, 0.1) is 5.92 Å². The zero-order valence-corrected chi connectivity index (χ0v) is 13.5. The number of carbonyl (C=O) groups excluding carboxylic acids is 1. The van der Waals surface area contributed by atoms with Gasteiger partial charge in [0.05, 0.1) is 6.20 Å². The molecule has 0 aliphatic heterocycles. The van der Waals surface area contributed by atoms with Gasteiger partial charge in [-0.25, -0.2) is 4.98 Å². The van der Waals surface area contributed by atoms with Gasteiger partial charge in [-0.2, -0.15) is 5.10 Å². The summed E-state index contributed by atoms with van der Waals surface area (Å²) in [6.07, 6.45) is 3.49. The minimum absolute atomic E-state index is 0.180. The number of amides is 1. The van der Waals surface area contributed by atoms with Crippen LogP contribution in [0.3, 0.4) is 0 Å². The molecule has 0 radical (unpaired) electrons. The summed E-state index contributed by atoms with van der Waals surface area (Å²) in [5.41, 5.74) is 1.10. The topological polar surface area (TPSA) is 88.3 Å². The fourth-order valence-electron chi connectivity index (χ4n) is 2.02. The summed E-state index contributed by atoms with van der Waals surface area (Å²) in [6.45, 7) is 3.93. The van der Waals surface area contributed by atoms with Gasteiger partial charge in [-0.05, 0) is 5.92 Å². The molecule has 0 spiro atoms. The largest absolute Gasteiger partial charge is 0.480 e. The molecule has 2 heterocycles. The summed E-state index contributed by atoms with van der Waals surface area (Å²) < 4.78 is 1.66. The second kappa shape index (κ2) is 6.69. The third-order valence-electron chi connectivity index (χ3n) is 2.87. The van der Waals surface area contributed by atoms with E-state index in [4.69, 9.17) is 5.11 Å². The minimum atomic E-state index is -1.03. The van der Waals surface area contributed by atoms with Gasteiger partial charge in [0.2, 0.25) is 0 Å². The number of carboxylic acid groups (broad SMARTS) is 1. The second-order valence-corrected chi connectivity index (χ2v) is 6.27. The van der Waals surface area contributed by atoms with Crippen molar-refractivity contribution in [3.63, 3.8) is 0 Å². The standard InChI is InChI=1S/C14H18N4O3S/c1-9(2)5-18(7-12(19)20)14(21)11-8-22-13(16-11)10-4-15-17(3)6-10/h4,6,8-9H,5,7H2,1-3H3,(H,19,20). The van der Waals surface area contributed by atoms with Crippen molar-refractivity contribution < 1.29 is 14.7 Å². The summed E-state index contributed by atoms with van der Waals surface area (Å²) in [5.74, 6) is -1.21. The lowest BCUT2D eigenvalue weighted by atomic mass is 10.2. The molecule has 2 aromatic rings. The number of carbonyl (C=O) groups is 2. The Bertz CT molecular complexity index is 677. The molecule has 8 heteroatoms. The molecule has 0 aliphatic carbocycles. The molecule has 0 bridgehead atoms. The van der Waals surface area contributed by atoms with Gasteiger partial charge in [-0.15, -0.1) is 11.3 Å². The van der Waals surface area contributed by atoms with E-state index in [2.05, 4.69) is 10.1 Å². The molecular weight excluding hydrogens is 304 g/mol. The van der Waals surface area contributed by atoms with E-state index < -0.39 is 5.97 Å². The van der Waals surface area contributed by atoms with Gasteiger partial charge in [0.1, 0.15) is 17.2 Å². The Morgan fingerprint density at radius 1 is 1.45 bits per heavy atom. The maximum absolute atomic E-state index is 12.5. The van der Waals surface area contributed by atoms with E-state index in [9.17, 15) is 9.59 Å². The lowest BCUT2D eigenvalue weighted by molar-refractivity contribution is -0.137. The molecule has 22 heavy (non-hydrogen) atoms. The van der Waals surface area contributed by atoms with E-state index in [1.165, 1.54) is 16.2 Å². The number of hydrogen-bond donors (Lipinski definition) is 1. The molecule has 0 aromatic carbocycles. The van der Waals surface area contributed by atoms with Crippen LogP contribution in [0.4, 0.5) is 0 Å². The van der Waals surface area contributed by atoms with E-state index in [-0.39, 0.29) is 24.1 Å². The zero-order valence-electron chi connectivity index (χ0n) is 12.7. The quantitative estimate of drug-likeness (QED) is 0.875. The number of aryl methyl sites for hydroxylation is 1. The zero-order chi connectivity index (χ0) is 16.3. The highest BCUT2D eigenvalue weighted by molar-refractivity contribution is 7.13. The third kappa shape index (κ3) is 3.91. The number of nitrogens with zero attached hydrogens (tertiary/aromatic N) is 4. The smallest absolute Gasteiger partial charge is 0.323 e. The molecular formula is C14H18N4O3S. The molecule has 0 aliphatic rings. The van der Waals surface area contributed by atoms with Crippen LogP contribution in [-0.4, -0.2) is 49.7 Å². The lowest BCUT2D eigenvalue weighted by Crippen LogP contribution is -2.38. The maximum Gasteiger partial charge on any atom is 0.323 e. The fourth-order valence-corrected chi connectivity index (χ4v) is 2.79. The first-order valence-electron chi connectivity index (χ1n) is 6.82. The molecule has 0 saturated heterocycles. The van der Waals surface area contributed by atoms with E-state index in [1.807, 2.05) is 20.0 Å². The highest BCUT2D eigenvalue weighted by Crippen LogP contribution is 2.23. The molecule has 0 unspecified atom stereocenters. The van der Waals surface area contributed by atoms with Gasteiger partial charge in [0.25, 0.3) is 5.91 Å². The average molecular weight is 322 g/mol. The predicted molar refractivity (Wildman–Crippen MR) is 82.7 cm³/mol.